The Morgan fingerprint density at radius 2 is 1.73 bits per heavy atom. The van der Waals surface area contributed by atoms with Crippen LogP contribution in [0.15, 0.2) is 72.8 Å². The van der Waals surface area contributed by atoms with Crippen molar-refractivity contribution in [3.8, 4) is 0 Å². The van der Waals surface area contributed by atoms with Crippen molar-refractivity contribution in [3.05, 3.63) is 89.5 Å². The highest BCUT2D eigenvalue weighted by molar-refractivity contribution is 6.06. The summed E-state index contributed by atoms with van der Waals surface area (Å²) in [7, 11) is 0. The molecule has 2 fully saturated rings. The van der Waals surface area contributed by atoms with Crippen LogP contribution in [0.3, 0.4) is 0 Å². The number of amides is 3. The van der Waals surface area contributed by atoms with Gasteiger partial charge in [-0.15, -0.1) is 0 Å². The van der Waals surface area contributed by atoms with E-state index in [2.05, 4.69) is 5.32 Å². The van der Waals surface area contributed by atoms with Crippen LogP contribution >= 0.6 is 0 Å². The molecule has 6 rings (SSSR count). The van der Waals surface area contributed by atoms with Gasteiger partial charge < -0.3 is 29.7 Å². The Balaban J connectivity index is 1.46. The average molecular weight is 614 g/mol. The summed E-state index contributed by atoms with van der Waals surface area (Å²) in [5, 5.41) is 13.3. The number of nitrogens with zero attached hydrogens (tertiary/aromatic N) is 2. The van der Waals surface area contributed by atoms with E-state index in [4.69, 9.17) is 9.47 Å². The number of rotatable bonds is 4. The Morgan fingerprint density at radius 1 is 1.00 bits per heavy atom. The van der Waals surface area contributed by atoms with E-state index in [1.165, 1.54) is 4.90 Å². The molecule has 0 radical (unpaired) electrons. The van der Waals surface area contributed by atoms with Crippen molar-refractivity contribution in [1.82, 2.24) is 10.2 Å². The van der Waals surface area contributed by atoms with Crippen LogP contribution in [0.1, 0.15) is 42.5 Å². The molecule has 4 heterocycles. The second-order valence-corrected chi connectivity index (χ2v) is 12.3. The Labute approximate surface area is 262 Å². The van der Waals surface area contributed by atoms with Crippen molar-refractivity contribution in [1.29, 1.82) is 0 Å². The van der Waals surface area contributed by atoms with E-state index >= 15 is 0 Å². The Bertz CT molecular complexity index is 1540. The fourth-order valence-electron chi connectivity index (χ4n) is 7.34. The number of aliphatic hydroxyl groups excluding tert-OH is 1. The van der Waals surface area contributed by atoms with Crippen molar-refractivity contribution in [2.45, 2.75) is 63.4 Å². The number of hydrogen-bond donors (Lipinski definition) is 2. The molecule has 1 spiro atoms. The minimum absolute atomic E-state index is 0.0781. The molecule has 2 saturated heterocycles. The molecular formula is C35H39N3O7. The van der Waals surface area contributed by atoms with Crippen LogP contribution in [0.25, 0.3) is 0 Å². The molecule has 5 bridgehead atoms. The Kier molecular flexibility index (Phi) is 8.37. The lowest BCUT2D eigenvalue weighted by Gasteiger charge is -2.38. The zero-order valence-corrected chi connectivity index (χ0v) is 25.7. The van der Waals surface area contributed by atoms with E-state index in [1.54, 1.807) is 24.0 Å². The molecule has 7 atom stereocenters. The summed E-state index contributed by atoms with van der Waals surface area (Å²) in [6.45, 7) is 5.27. The minimum Gasteiger partial charge on any atom is -0.463 e. The minimum atomic E-state index is -1.40. The second-order valence-electron chi connectivity index (χ2n) is 12.3. The van der Waals surface area contributed by atoms with Gasteiger partial charge >= 0.3 is 5.97 Å². The van der Waals surface area contributed by atoms with Gasteiger partial charge in [-0.25, -0.2) is 0 Å². The zero-order valence-electron chi connectivity index (χ0n) is 25.7. The predicted octanol–water partition coefficient (Wildman–Crippen LogP) is 2.92. The van der Waals surface area contributed by atoms with Gasteiger partial charge in [0.05, 0.1) is 36.6 Å². The molecule has 2 aromatic rings. The van der Waals surface area contributed by atoms with E-state index in [9.17, 15) is 24.3 Å². The standard InChI is InChI=1S/C35H39N3O7/c1-21-11-10-12-22(2)30(21)37-18-9-5-8-15-27(40)44-20-25(24-13-6-4-7-14-24)36-32(41)28-26-16-17-35(45-26)29(28)33(42)38(23(3)19-39)31(35)34(37)43/h4-7,9-14,16-17,23,25-26,28-29,31,39H,8,15,18-20H2,1-3H3,(H,36,41)/b9-5-/t23-,25-,26-,28+,29+,31-,35+/m1/s1. The topological polar surface area (TPSA) is 125 Å². The second kappa shape index (κ2) is 12.3. The molecule has 2 aromatic carbocycles. The number of benzene rings is 2. The third-order valence-electron chi connectivity index (χ3n) is 9.46. The molecule has 4 aliphatic heterocycles. The lowest BCUT2D eigenvalue weighted by Crippen LogP contribution is -2.58. The molecule has 3 amide bonds. The van der Waals surface area contributed by atoms with E-state index in [1.807, 2.05) is 74.5 Å². The summed E-state index contributed by atoms with van der Waals surface area (Å²) in [6.07, 6.45) is 7.00. The predicted molar refractivity (Wildman–Crippen MR) is 166 cm³/mol. The van der Waals surface area contributed by atoms with Gasteiger partial charge in [0, 0.05) is 18.7 Å². The first-order valence-electron chi connectivity index (χ1n) is 15.5. The van der Waals surface area contributed by atoms with Gasteiger partial charge in [-0.05, 0) is 43.9 Å². The van der Waals surface area contributed by atoms with Gasteiger partial charge in [0.25, 0.3) is 5.91 Å². The maximum atomic E-state index is 14.9. The molecular weight excluding hydrogens is 574 g/mol. The molecule has 2 N–H and O–H groups in total. The number of anilines is 1. The van der Waals surface area contributed by atoms with Gasteiger partial charge in [0.1, 0.15) is 18.2 Å². The molecule has 45 heavy (non-hydrogen) atoms. The van der Waals surface area contributed by atoms with E-state index < -0.39 is 59.5 Å². The highest BCUT2D eigenvalue weighted by Gasteiger charge is 2.73. The highest BCUT2D eigenvalue weighted by atomic mass is 16.5. The largest absolute Gasteiger partial charge is 0.463 e. The van der Waals surface area contributed by atoms with Crippen molar-refractivity contribution in [2.75, 3.05) is 24.7 Å². The van der Waals surface area contributed by atoms with Gasteiger partial charge in [-0.2, -0.15) is 0 Å². The van der Waals surface area contributed by atoms with Crippen molar-refractivity contribution in [2.24, 2.45) is 11.8 Å². The monoisotopic (exact) mass is 613 g/mol. The Hall–Kier alpha value is -4.28. The number of carbonyl (C=O) groups is 4. The van der Waals surface area contributed by atoms with Crippen LogP contribution in [-0.2, 0) is 28.7 Å². The maximum absolute atomic E-state index is 14.9. The molecule has 10 nitrogen and oxygen atoms in total. The van der Waals surface area contributed by atoms with Gasteiger partial charge in [-0.3, -0.25) is 19.2 Å². The van der Waals surface area contributed by atoms with Crippen LogP contribution in [-0.4, -0.2) is 77.2 Å². The lowest BCUT2D eigenvalue weighted by atomic mass is 9.74. The molecule has 236 valence electrons. The molecule has 0 aromatic heterocycles. The zero-order chi connectivity index (χ0) is 31.9. The number of carbonyl (C=O) groups excluding carboxylic acids is 4. The number of hydrogen-bond acceptors (Lipinski definition) is 7. The average Bonchev–Trinajstić information content (AvgIpc) is 3.68. The van der Waals surface area contributed by atoms with Gasteiger partial charge in [0.2, 0.25) is 11.8 Å². The summed E-state index contributed by atoms with van der Waals surface area (Å²) in [4.78, 5) is 59.1. The van der Waals surface area contributed by atoms with Crippen molar-refractivity contribution < 1.29 is 33.8 Å². The first kappa shape index (κ1) is 30.7. The molecule has 0 saturated carbocycles. The number of aryl methyl sites for hydroxylation is 2. The molecule has 4 aliphatic rings. The van der Waals surface area contributed by atoms with Gasteiger partial charge in [0.15, 0.2) is 0 Å². The van der Waals surface area contributed by atoms with Crippen molar-refractivity contribution >= 4 is 29.4 Å². The van der Waals surface area contributed by atoms with Crippen molar-refractivity contribution in [3.63, 3.8) is 0 Å². The van der Waals surface area contributed by atoms with Gasteiger partial charge in [-0.1, -0.05) is 72.8 Å². The molecule has 0 aliphatic carbocycles. The van der Waals surface area contributed by atoms with E-state index in [0.717, 1.165) is 16.7 Å². The van der Waals surface area contributed by atoms with E-state index in [0.29, 0.717) is 12.1 Å². The number of cyclic esters (lactones) is 1. The quantitative estimate of drug-likeness (QED) is 0.401. The van der Waals surface area contributed by atoms with Crippen LogP contribution in [0.4, 0.5) is 5.69 Å². The van der Waals surface area contributed by atoms with Crippen LogP contribution in [0.2, 0.25) is 0 Å². The highest BCUT2D eigenvalue weighted by Crippen LogP contribution is 2.56. The summed E-state index contributed by atoms with van der Waals surface area (Å²) < 4.78 is 12.1. The third kappa shape index (κ3) is 5.25. The summed E-state index contributed by atoms with van der Waals surface area (Å²) in [5.41, 5.74) is 1.82. The number of allylic oxidation sites excluding steroid dienone is 1. The smallest absolute Gasteiger partial charge is 0.306 e. The summed E-state index contributed by atoms with van der Waals surface area (Å²) in [6, 6.07) is 12.5. The first-order valence-corrected chi connectivity index (χ1v) is 15.5. The number of ether oxygens (including phenoxy) is 2. The van der Waals surface area contributed by atoms with Crippen LogP contribution in [0, 0.1) is 25.7 Å². The molecule has 0 unspecified atom stereocenters. The fraction of sp³-hybridized carbons (Fsp3) is 0.429. The molecule has 10 heteroatoms. The number of para-hydroxylation sites is 1. The number of likely N-dealkylation sites (tertiary alicyclic amines) is 1. The lowest BCUT2D eigenvalue weighted by molar-refractivity contribution is -0.146. The van der Waals surface area contributed by atoms with E-state index in [-0.39, 0.29) is 32.1 Å². The number of esters is 1. The summed E-state index contributed by atoms with van der Waals surface area (Å²) >= 11 is 0. The maximum Gasteiger partial charge on any atom is 0.306 e. The number of aliphatic hydroxyl groups is 1. The number of fused-ring (bicyclic) bond motifs is 2. The SMILES string of the molecule is Cc1cccc(C)c1N1C/C=C\CCC(=O)OC[C@H](c2ccccc2)NC(=O)[C@@H]2[C@H]3C(=O)N([C@H](C)CO)[C@H](C1=O)[C@]31C=C[C@H]2O1. The normalized spacial score (nSPS) is 31.5. The first-order chi connectivity index (χ1) is 21.7. The summed E-state index contributed by atoms with van der Waals surface area (Å²) in [5.74, 6) is -3.54. The fourth-order valence-corrected chi connectivity index (χ4v) is 7.34. The third-order valence-corrected chi connectivity index (χ3v) is 9.46. The number of nitrogens with one attached hydrogen (secondary N) is 1. The van der Waals surface area contributed by atoms with Crippen LogP contribution < -0.4 is 10.2 Å². The van der Waals surface area contributed by atoms with Crippen LogP contribution in [0.5, 0.6) is 0 Å². The Morgan fingerprint density at radius 3 is 2.44 bits per heavy atom.